The highest BCUT2D eigenvalue weighted by atomic mass is 19.3. The lowest BCUT2D eigenvalue weighted by Crippen LogP contribution is -2.37. The van der Waals surface area contributed by atoms with Gasteiger partial charge in [0.2, 0.25) is 0 Å². The highest BCUT2D eigenvalue weighted by Crippen LogP contribution is 2.20. The third kappa shape index (κ3) is 4.00. The van der Waals surface area contributed by atoms with E-state index < -0.39 is 6.43 Å². The van der Waals surface area contributed by atoms with Gasteiger partial charge >= 0.3 is 0 Å². The summed E-state index contributed by atoms with van der Waals surface area (Å²) in [6, 6.07) is 0.264. The molecule has 1 aliphatic carbocycles. The molecule has 78 valence electrons. The molecular formula is C9H17F2NO. The zero-order valence-electron chi connectivity index (χ0n) is 7.93. The van der Waals surface area contributed by atoms with Crippen LogP contribution in [0.15, 0.2) is 0 Å². The van der Waals surface area contributed by atoms with Crippen LogP contribution in [0.3, 0.4) is 0 Å². The van der Waals surface area contributed by atoms with E-state index >= 15 is 0 Å². The molecule has 0 aromatic rings. The summed E-state index contributed by atoms with van der Waals surface area (Å²) in [7, 11) is 1.71. The van der Waals surface area contributed by atoms with Crippen LogP contribution in [-0.4, -0.2) is 32.2 Å². The van der Waals surface area contributed by atoms with Crippen LogP contribution in [0.25, 0.3) is 0 Å². The quantitative estimate of drug-likeness (QED) is 0.735. The normalized spacial score (nSPS) is 29.5. The number of rotatable bonds is 4. The summed E-state index contributed by atoms with van der Waals surface area (Å²) in [6.07, 6.45) is 1.97. The number of hydrogen-bond donors (Lipinski definition) is 1. The molecule has 1 aliphatic rings. The molecule has 1 N–H and O–H groups in total. The number of hydrogen-bond acceptors (Lipinski definition) is 2. The highest BCUT2D eigenvalue weighted by molar-refractivity contribution is 4.77. The van der Waals surface area contributed by atoms with Crippen molar-refractivity contribution in [1.82, 2.24) is 5.32 Å². The lowest BCUT2D eigenvalue weighted by atomic mass is 9.93. The van der Waals surface area contributed by atoms with Crippen LogP contribution in [0, 0.1) is 0 Å². The SMILES string of the molecule is COC1CCC(NCC(F)F)CC1. The molecule has 0 aromatic carbocycles. The second kappa shape index (κ2) is 5.50. The van der Waals surface area contributed by atoms with Gasteiger partial charge in [-0.2, -0.15) is 0 Å². The Labute approximate surface area is 77.6 Å². The molecule has 0 heterocycles. The summed E-state index contributed by atoms with van der Waals surface area (Å²) in [5.74, 6) is 0. The second-order valence-electron chi connectivity index (χ2n) is 3.51. The number of halogens is 2. The fraction of sp³-hybridized carbons (Fsp3) is 1.00. The summed E-state index contributed by atoms with van der Waals surface area (Å²) >= 11 is 0. The van der Waals surface area contributed by atoms with Crippen molar-refractivity contribution in [3.63, 3.8) is 0 Å². The molecular weight excluding hydrogens is 176 g/mol. The van der Waals surface area contributed by atoms with E-state index in [-0.39, 0.29) is 12.6 Å². The van der Waals surface area contributed by atoms with E-state index in [4.69, 9.17) is 4.74 Å². The summed E-state index contributed by atoms with van der Waals surface area (Å²) < 4.78 is 28.9. The van der Waals surface area contributed by atoms with E-state index in [1.807, 2.05) is 0 Å². The van der Waals surface area contributed by atoms with Crippen LogP contribution in [-0.2, 0) is 4.74 Å². The van der Waals surface area contributed by atoms with Crippen LogP contribution in [0.4, 0.5) is 8.78 Å². The van der Waals surface area contributed by atoms with Crippen molar-refractivity contribution in [3.8, 4) is 0 Å². The number of methoxy groups -OCH3 is 1. The summed E-state index contributed by atoms with van der Waals surface area (Å²) in [6.45, 7) is -0.178. The molecule has 1 saturated carbocycles. The maximum Gasteiger partial charge on any atom is 0.250 e. The van der Waals surface area contributed by atoms with Gasteiger partial charge in [-0.3, -0.25) is 0 Å². The van der Waals surface area contributed by atoms with Gasteiger partial charge in [0.05, 0.1) is 12.6 Å². The molecule has 0 aliphatic heterocycles. The van der Waals surface area contributed by atoms with E-state index in [2.05, 4.69) is 5.32 Å². The van der Waals surface area contributed by atoms with Crippen LogP contribution in [0.5, 0.6) is 0 Å². The first-order valence-electron chi connectivity index (χ1n) is 4.76. The van der Waals surface area contributed by atoms with Gasteiger partial charge in [-0.15, -0.1) is 0 Å². The molecule has 0 aromatic heterocycles. The predicted octanol–water partition coefficient (Wildman–Crippen LogP) is 1.80. The second-order valence-corrected chi connectivity index (χ2v) is 3.51. The number of alkyl halides is 2. The third-order valence-electron chi connectivity index (χ3n) is 2.57. The smallest absolute Gasteiger partial charge is 0.250 e. The molecule has 0 bridgehead atoms. The lowest BCUT2D eigenvalue weighted by Gasteiger charge is -2.28. The van der Waals surface area contributed by atoms with Gasteiger partial charge in [0.1, 0.15) is 0 Å². The number of ether oxygens (including phenoxy) is 1. The largest absolute Gasteiger partial charge is 0.381 e. The molecule has 0 unspecified atom stereocenters. The third-order valence-corrected chi connectivity index (χ3v) is 2.57. The topological polar surface area (TPSA) is 21.3 Å². The Morgan fingerprint density at radius 1 is 1.31 bits per heavy atom. The Kier molecular flexibility index (Phi) is 4.59. The molecule has 1 rings (SSSR count). The Morgan fingerprint density at radius 3 is 2.38 bits per heavy atom. The van der Waals surface area contributed by atoms with Crippen LogP contribution in [0.2, 0.25) is 0 Å². The molecule has 0 atom stereocenters. The van der Waals surface area contributed by atoms with Crippen molar-refractivity contribution >= 4 is 0 Å². The highest BCUT2D eigenvalue weighted by Gasteiger charge is 2.20. The van der Waals surface area contributed by atoms with Gasteiger partial charge in [0, 0.05) is 13.2 Å². The van der Waals surface area contributed by atoms with Crippen LogP contribution in [0.1, 0.15) is 25.7 Å². The van der Waals surface area contributed by atoms with E-state index in [1.165, 1.54) is 0 Å². The van der Waals surface area contributed by atoms with E-state index in [1.54, 1.807) is 7.11 Å². The summed E-state index contributed by atoms with van der Waals surface area (Å²) in [4.78, 5) is 0. The predicted molar refractivity (Wildman–Crippen MR) is 47.1 cm³/mol. The molecule has 2 nitrogen and oxygen atoms in total. The van der Waals surface area contributed by atoms with Crippen molar-refractivity contribution in [2.45, 2.75) is 44.3 Å². The minimum atomic E-state index is -2.24. The van der Waals surface area contributed by atoms with E-state index in [0.29, 0.717) is 6.10 Å². The van der Waals surface area contributed by atoms with Crippen LogP contribution < -0.4 is 5.32 Å². The first kappa shape index (κ1) is 10.9. The first-order chi connectivity index (χ1) is 6.22. The fourth-order valence-electron chi connectivity index (χ4n) is 1.76. The average molecular weight is 193 g/mol. The Morgan fingerprint density at radius 2 is 1.92 bits per heavy atom. The standard InChI is InChI=1S/C9H17F2NO/c1-13-8-4-2-7(3-5-8)12-6-9(10)11/h7-9,12H,2-6H2,1H3. The van der Waals surface area contributed by atoms with Crippen molar-refractivity contribution in [2.24, 2.45) is 0 Å². The fourth-order valence-corrected chi connectivity index (χ4v) is 1.76. The van der Waals surface area contributed by atoms with Gasteiger partial charge in [-0.1, -0.05) is 0 Å². The molecule has 0 radical (unpaired) electrons. The number of nitrogens with one attached hydrogen (secondary N) is 1. The first-order valence-corrected chi connectivity index (χ1v) is 4.76. The molecule has 0 spiro atoms. The van der Waals surface area contributed by atoms with Gasteiger partial charge < -0.3 is 10.1 Å². The zero-order chi connectivity index (χ0) is 9.68. The minimum Gasteiger partial charge on any atom is -0.381 e. The van der Waals surface area contributed by atoms with Gasteiger partial charge in [0.25, 0.3) is 6.43 Å². The molecule has 0 amide bonds. The van der Waals surface area contributed by atoms with Crippen LogP contribution >= 0.6 is 0 Å². The average Bonchev–Trinajstić information content (AvgIpc) is 2.15. The van der Waals surface area contributed by atoms with Crippen molar-refractivity contribution < 1.29 is 13.5 Å². The Bertz CT molecular complexity index is 136. The van der Waals surface area contributed by atoms with Gasteiger partial charge in [-0.25, -0.2) is 8.78 Å². The van der Waals surface area contributed by atoms with Crippen molar-refractivity contribution in [2.75, 3.05) is 13.7 Å². The van der Waals surface area contributed by atoms with Gasteiger partial charge in [-0.05, 0) is 25.7 Å². The van der Waals surface area contributed by atoms with Crippen molar-refractivity contribution in [3.05, 3.63) is 0 Å². The van der Waals surface area contributed by atoms with Crippen molar-refractivity contribution in [1.29, 1.82) is 0 Å². The molecule has 0 saturated heterocycles. The van der Waals surface area contributed by atoms with E-state index in [0.717, 1.165) is 25.7 Å². The summed E-state index contributed by atoms with van der Waals surface area (Å²) in [5, 5.41) is 2.86. The maximum absolute atomic E-state index is 11.8. The molecule has 4 heteroatoms. The zero-order valence-corrected chi connectivity index (χ0v) is 7.93. The lowest BCUT2D eigenvalue weighted by molar-refractivity contribution is 0.0591. The molecule has 1 fully saturated rings. The monoisotopic (exact) mass is 193 g/mol. The Balaban J connectivity index is 2.10. The molecule has 13 heavy (non-hydrogen) atoms. The maximum atomic E-state index is 11.8. The van der Waals surface area contributed by atoms with E-state index in [9.17, 15) is 8.78 Å². The minimum absolute atomic E-state index is 0.178. The summed E-state index contributed by atoms with van der Waals surface area (Å²) in [5.41, 5.74) is 0. The Hall–Kier alpha value is -0.220. The van der Waals surface area contributed by atoms with Gasteiger partial charge in [0.15, 0.2) is 0 Å².